The van der Waals surface area contributed by atoms with Crippen molar-refractivity contribution < 1.29 is 9.59 Å². The van der Waals surface area contributed by atoms with Crippen LogP contribution in [0.15, 0.2) is 0 Å². The molecule has 4 nitrogen and oxygen atoms in total. The van der Waals surface area contributed by atoms with Crippen LogP contribution in [0.2, 0.25) is 0 Å². The summed E-state index contributed by atoms with van der Waals surface area (Å²) in [6.07, 6.45) is 4.79. The van der Waals surface area contributed by atoms with Gasteiger partial charge in [-0.1, -0.05) is 6.92 Å². The lowest BCUT2D eigenvalue weighted by atomic mass is 10.00. The normalized spacial score (nSPS) is 20.8. The Morgan fingerprint density at radius 3 is 2.62 bits per heavy atom. The highest BCUT2D eigenvalue weighted by molar-refractivity contribution is 5.76. The van der Waals surface area contributed by atoms with Gasteiger partial charge in [0.2, 0.25) is 11.8 Å². The van der Waals surface area contributed by atoms with Gasteiger partial charge in [0.05, 0.1) is 0 Å². The van der Waals surface area contributed by atoms with E-state index in [-0.39, 0.29) is 11.8 Å². The van der Waals surface area contributed by atoms with Gasteiger partial charge in [0.1, 0.15) is 0 Å². The van der Waals surface area contributed by atoms with E-state index in [9.17, 15) is 9.59 Å². The van der Waals surface area contributed by atoms with Crippen LogP contribution in [0.1, 0.15) is 45.4 Å². The summed E-state index contributed by atoms with van der Waals surface area (Å²) in [7, 11) is 0. The molecule has 0 aliphatic carbocycles. The second-order valence-electron chi connectivity index (χ2n) is 4.76. The van der Waals surface area contributed by atoms with Crippen molar-refractivity contribution >= 4 is 11.8 Å². The number of nitrogens with two attached hydrogens (primary N) is 1. The highest BCUT2D eigenvalue weighted by Gasteiger charge is 2.20. The Balaban J connectivity index is 2.16. The molecule has 0 aromatic rings. The van der Waals surface area contributed by atoms with Crippen molar-refractivity contribution in [1.82, 2.24) is 4.90 Å². The molecule has 1 heterocycles. The van der Waals surface area contributed by atoms with Gasteiger partial charge in [-0.3, -0.25) is 9.59 Å². The van der Waals surface area contributed by atoms with E-state index in [0.717, 1.165) is 32.4 Å². The number of carbonyl (C=O) groups excluding carboxylic acids is 2. The van der Waals surface area contributed by atoms with Crippen LogP contribution in [-0.2, 0) is 9.59 Å². The maximum atomic E-state index is 11.8. The van der Waals surface area contributed by atoms with Crippen LogP contribution in [-0.4, -0.2) is 29.8 Å². The smallest absolute Gasteiger partial charge is 0.222 e. The number of primary amides is 1. The quantitative estimate of drug-likeness (QED) is 0.718. The van der Waals surface area contributed by atoms with E-state index in [1.54, 1.807) is 0 Å². The Morgan fingerprint density at radius 2 is 2.00 bits per heavy atom. The Bertz CT molecular complexity index is 253. The van der Waals surface area contributed by atoms with Gasteiger partial charge in [0.15, 0.2) is 0 Å². The predicted molar refractivity (Wildman–Crippen MR) is 62.6 cm³/mol. The monoisotopic (exact) mass is 226 g/mol. The highest BCUT2D eigenvalue weighted by atomic mass is 16.2. The minimum absolute atomic E-state index is 0.232. The molecule has 0 aromatic carbocycles. The minimum Gasteiger partial charge on any atom is -0.370 e. The van der Waals surface area contributed by atoms with Gasteiger partial charge in [0.25, 0.3) is 0 Å². The predicted octanol–water partition coefficient (Wildman–Crippen LogP) is 1.29. The van der Waals surface area contributed by atoms with Gasteiger partial charge in [0, 0.05) is 25.9 Å². The molecule has 1 rings (SSSR count). The lowest BCUT2D eigenvalue weighted by molar-refractivity contribution is -0.133. The van der Waals surface area contributed by atoms with Gasteiger partial charge in [-0.15, -0.1) is 0 Å². The van der Waals surface area contributed by atoms with Crippen LogP contribution in [0.5, 0.6) is 0 Å². The first-order valence-corrected chi connectivity index (χ1v) is 6.15. The molecule has 2 N–H and O–H groups in total. The SMILES string of the molecule is CC1CCCN(C(=O)CCCCC(N)=O)C1. The lowest BCUT2D eigenvalue weighted by Gasteiger charge is -2.31. The molecule has 0 aromatic heterocycles. The van der Waals surface area contributed by atoms with Gasteiger partial charge >= 0.3 is 0 Å². The summed E-state index contributed by atoms with van der Waals surface area (Å²) in [4.78, 5) is 24.3. The van der Waals surface area contributed by atoms with E-state index >= 15 is 0 Å². The zero-order chi connectivity index (χ0) is 12.0. The molecule has 1 atom stereocenters. The number of hydrogen-bond acceptors (Lipinski definition) is 2. The van der Waals surface area contributed by atoms with E-state index in [0.29, 0.717) is 18.8 Å². The number of nitrogens with zero attached hydrogens (tertiary/aromatic N) is 1. The molecular formula is C12H22N2O2. The first kappa shape index (κ1) is 13.0. The fraction of sp³-hybridized carbons (Fsp3) is 0.833. The van der Waals surface area contributed by atoms with E-state index in [4.69, 9.17) is 5.73 Å². The molecule has 1 aliphatic heterocycles. The van der Waals surface area contributed by atoms with E-state index in [1.165, 1.54) is 6.42 Å². The first-order valence-electron chi connectivity index (χ1n) is 6.15. The molecule has 2 amide bonds. The van der Waals surface area contributed by atoms with Crippen LogP contribution in [0.4, 0.5) is 0 Å². The molecule has 0 spiro atoms. The first-order chi connectivity index (χ1) is 7.59. The maximum Gasteiger partial charge on any atom is 0.222 e. The van der Waals surface area contributed by atoms with Crippen LogP contribution >= 0.6 is 0 Å². The van der Waals surface area contributed by atoms with E-state index < -0.39 is 0 Å². The number of piperidine rings is 1. The van der Waals surface area contributed by atoms with Gasteiger partial charge in [-0.05, 0) is 31.6 Å². The highest BCUT2D eigenvalue weighted by Crippen LogP contribution is 2.16. The Morgan fingerprint density at radius 1 is 1.31 bits per heavy atom. The molecule has 16 heavy (non-hydrogen) atoms. The van der Waals surface area contributed by atoms with Crippen molar-refractivity contribution in [2.75, 3.05) is 13.1 Å². The Kier molecular flexibility index (Phi) is 5.29. The van der Waals surface area contributed by atoms with E-state index in [1.807, 2.05) is 4.90 Å². The molecule has 4 heteroatoms. The topological polar surface area (TPSA) is 63.4 Å². The van der Waals surface area contributed by atoms with Crippen LogP contribution in [0.3, 0.4) is 0 Å². The average Bonchev–Trinajstić information content (AvgIpc) is 2.24. The zero-order valence-electron chi connectivity index (χ0n) is 10.1. The molecule has 92 valence electrons. The third-order valence-corrected chi connectivity index (χ3v) is 3.07. The molecule has 1 unspecified atom stereocenters. The molecular weight excluding hydrogens is 204 g/mol. The van der Waals surface area contributed by atoms with Crippen LogP contribution in [0.25, 0.3) is 0 Å². The van der Waals surface area contributed by atoms with Gasteiger partial charge < -0.3 is 10.6 Å². The van der Waals surface area contributed by atoms with Crippen molar-refractivity contribution in [3.05, 3.63) is 0 Å². The summed E-state index contributed by atoms with van der Waals surface area (Å²) in [6.45, 7) is 3.99. The number of rotatable bonds is 5. The third kappa shape index (κ3) is 4.64. The second kappa shape index (κ2) is 6.51. The number of hydrogen-bond donors (Lipinski definition) is 1. The van der Waals surface area contributed by atoms with Crippen molar-refractivity contribution in [2.24, 2.45) is 11.7 Å². The molecule has 0 saturated carbocycles. The van der Waals surface area contributed by atoms with Gasteiger partial charge in [-0.2, -0.15) is 0 Å². The molecule has 1 aliphatic rings. The number of amides is 2. The van der Waals surface area contributed by atoms with E-state index in [2.05, 4.69) is 6.92 Å². The minimum atomic E-state index is -0.279. The molecule has 0 radical (unpaired) electrons. The van der Waals surface area contributed by atoms with Crippen molar-refractivity contribution in [2.45, 2.75) is 45.4 Å². The molecule has 1 fully saturated rings. The van der Waals surface area contributed by atoms with Crippen LogP contribution < -0.4 is 5.73 Å². The third-order valence-electron chi connectivity index (χ3n) is 3.07. The number of carbonyl (C=O) groups is 2. The van der Waals surface area contributed by atoms with Gasteiger partial charge in [-0.25, -0.2) is 0 Å². The summed E-state index contributed by atoms with van der Waals surface area (Å²) in [5.41, 5.74) is 5.04. The number of unbranched alkanes of at least 4 members (excludes halogenated alkanes) is 1. The Hall–Kier alpha value is -1.06. The second-order valence-corrected chi connectivity index (χ2v) is 4.76. The zero-order valence-corrected chi connectivity index (χ0v) is 10.1. The lowest BCUT2D eigenvalue weighted by Crippen LogP contribution is -2.38. The summed E-state index contributed by atoms with van der Waals surface area (Å²) in [6, 6.07) is 0. The standard InChI is InChI=1S/C12H22N2O2/c1-10-5-4-8-14(9-10)12(16)7-3-2-6-11(13)15/h10H,2-9H2,1H3,(H2,13,15). The van der Waals surface area contributed by atoms with Crippen LogP contribution in [0, 0.1) is 5.92 Å². The fourth-order valence-corrected chi connectivity index (χ4v) is 2.15. The fourth-order valence-electron chi connectivity index (χ4n) is 2.15. The summed E-state index contributed by atoms with van der Waals surface area (Å²) < 4.78 is 0. The Labute approximate surface area is 97.2 Å². The summed E-state index contributed by atoms with van der Waals surface area (Å²) in [5.74, 6) is 0.582. The summed E-state index contributed by atoms with van der Waals surface area (Å²) in [5, 5.41) is 0. The summed E-state index contributed by atoms with van der Waals surface area (Å²) >= 11 is 0. The maximum absolute atomic E-state index is 11.8. The average molecular weight is 226 g/mol. The molecule has 1 saturated heterocycles. The van der Waals surface area contributed by atoms with Crippen molar-refractivity contribution in [3.63, 3.8) is 0 Å². The number of likely N-dealkylation sites (tertiary alicyclic amines) is 1. The van der Waals surface area contributed by atoms with Crippen molar-refractivity contribution in [1.29, 1.82) is 0 Å². The van der Waals surface area contributed by atoms with Crippen molar-refractivity contribution in [3.8, 4) is 0 Å². The molecule has 0 bridgehead atoms. The largest absolute Gasteiger partial charge is 0.370 e.